The minimum atomic E-state index is -0.796. The van der Waals surface area contributed by atoms with Gasteiger partial charge in [-0.05, 0) is 122 Å². The largest absolute Gasteiger partial charge is 0.462 e. The van der Waals surface area contributed by atoms with Crippen molar-refractivity contribution in [3.63, 3.8) is 0 Å². The van der Waals surface area contributed by atoms with E-state index < -0.39 is 6.10 Å². The lowest BCUT2D eigenvalue weighted by Gasteiger charge is -2.18. The summed E-state index contributed by atoms with van der Waals surface area (Å²) in [6.07, 6.45) is 89.5. The monoisotopic (exact) mass is 1070 g/mol. The first kappa shape index (κ1) is 72.8. The van der Waals surface area contributed by atoms with Crippen molar-refractivity contribution in [2.45, 2.75) is 297 Å². The van der Waals surface area contributed by atoms with Crippen molar-refractivity contribution in [3.8, 4) is 0 Å². The van der Waals surface area contributed by atoms with Gasteiger partial charge in [0.2, 0.25) is 0 Å². The summed E-state index contributed by atoms with van der Waals surface area (Å²) in [5.41, 5.74) is 0. The molecular formula is C71H118O6. The Labute approximate surface area is 475 Å². The van der Waals surface area contributed by atoms with Gasteiger partial charge < -0.3 is 14.2 Å². The molecule has 0 aromatic carbocycles. The zero-order valence-corrected chi connectivity index (χ0v) is 50.2. The molecule has 0 heterocycles. The van der Waals surface area contributed by atoms with Crippen LogP contribution in [0.2, 0.25) is 0 Å². The first-order valence-electron chi connectivity index (χ1n) is 32.0. The minimum Gasteiger partial charge on any atom is -0.462 e. The molecule has 6 nitrogen and oxygen atoms in total. The summed E-state index contributed by atoms with van der Waals surface area (Å²) in [5, 5.41) is 0. The van der Waals surface area contributed by atoms with Crippen molar-refractivity contribution in [1.29, 1.82) is 0 Å². The summed E-state index contributed by atoms with van der Waals surface area (Å²) in [6.45, 7) is 6.35. The highest BCUT2D eigenvalue weighted by Gasteiger charge is 2.19. The number of unbranched alkanes of at least 4 members (excludes halogenated alkanes) is 26. The highest BCUT2D eigenvalue weighted by molar-refractivity contribution is 5.71. The molecule has 77 heavy (non-hydrogen) atoms. The molecule has 0 bridgehead atoms. The fraction of sp³-hybridized carbons (Fsp3) is 0.676. The Balaban J connectivity index is 4.10. The van der Waals surface area contributed by atoms with Gasteiger partial charge >= 0.3 is 17.9 Å². The number of carbonyl (C=O) groups is 3. The van der Waals surface area contributed by atoms with E-state index in [2.05, 4.69) is 142 Å². The molecule has 0 aromatic heterocycles. The van der Waals surface area contributed by atoms with Crippen LogP contribution >= 0.6 is 0 Å². The van der Waals surface area contributed by atoms with E-state index in [1.54, 1.807) is 0 Å². The third kappa shape index (κ3) is 62.5. The molecule has 0 aliphatic rings. The molecule has 0 saturated heterocycles. The number of esters is 3. The Morgan fingerprint density at radius 1 is 0.273 bits per heavy atom. The lowest BCUT2D eigenvalue weighted by Crippen LogP contribution is -2.30. The predicted octanol–water partition coefficient (Wildman–Crippen LogP) is 22.0. The second-order valence-corrected chi connectivity index (χ2v) is 20.9. The van der Waals surface area contributed by atoms with Gasteiger partial charge in [0.05, 0.1) is 0 Å². The molecule has 6 heteroatoms. The molecule has 0 amide bonds. The molecule has 438 valence electrons. The van der Waals surface area contributed by atoms with Crippen molar-refractivity contribution >= 4 is 17.9 Å². The third-order valence-corrected chi connectivity index (χ3v) is 13.4. The smallest absolute Gasteiger partial charge is 0.306 e. The third-order valence-electron chi connectivity index (χ3n) is 13.4. The maximum atomic E-state index is 12.8. The van der Waals surface area contributed by atoms with Crippen LogP contribution in [0.4, 0.5) is 0 Å². The average molecular weight is 1070 g/mol. The maximum Gasteiger partial charge on any atom is 0.306 e. The van der Waals surface area contributed by atoms with Gasteiger partial charge in [0.25, 0.3) is 0 Å². The van der Waals surface area contributed by atoms with Crippen LogP contribution in [0.3, 0.4) is 0 Å². The summed E-state index contributed by atoms with van der Waals surface area (Å²) in [6, 6.07) is 0. The van der Waals surface area contributed by atoms with Crippen LogP contribution in [0.15, 0.2) is 122 Å². The lowest BCUT2D eigenvalue weighted by atomic mass is 10.0. The van der Waals surface area contributed by atoms with E-state index in [1.807, 2.05) is 0 Å². The Bertz CT molecular complexity index is 1600. The first-order chi connectivity index (χ1) is 38.0. The molecule has 0 fully saturated rings. The van der Waals surface area contributed by atoms with E-state index in [9.17, 15) is 14.4 Å². The molecule has 0 radical (unpaired) electrons. The maximum absolute atomic E-state index is 12.8. The summed E-state index contributed by atoms with van der Waals surface area (Å²) < 4.78 is 16.8. The van der Waals surface area contributed by atoms with Crippen molar-refractivity contribution in [3.05, 3.63) is 122 Å². The number of ether oxygens (including phenoxy) is 3. The second kappa shape index (κ2) is 64.3. The van der Waals surface area contributed by atoms with Gasteiger partial charge in [-0.3, -0.25) is 14.4 Å². The highest BCUT2D eigenvalue weighted by Crippen LogP contribution is 2.16. The van der Waals surface area contributed by atoms with E-state index >= 15 is 0 Å². The molecule has 1 unspecified atom stereocenters. The van der Waals surface area contributed by atoms with Gasteiger partial charge in [0, 0.05) is 19.3 Å². The van der Waals surface area contributed by atoms with Crippen LogP contribution in [0.1, 0.15) is 290 Å². The van der Waals surface area contributed by atoms with Crippen molar-refractivity contribution in [1.82, 2.24) is 0 Å². The molecule has 0 saturated carbocycles. The Kier molecular flexibility index (Phi) is 60.8. The number of hydrogen-bond acceptors (Lipinski definition) is 6. The summed E-state index contributed by atoms with van der Waals surface area (Å²) in [4.78, 5) is 38.1. The number of hydrogen-bond donors (Lipinski definition) is 0. The van der Waals surface area contributed by atoms with Gasteiger partial charge in [-0.25, -0.2) is 0 Å². The van der Waals surface area contributed by atoms with Crippen LogP contribution in [0, 0.1) is 0 Å². The quantitative estimate of drug-likeness (QED) is 0.0261. The van der Waals surface area contributed by atoms with Gasteiger partial charge in [0.1, 0.15) is 13.2 Å². The van der Waals surface area contributed by atoms with E-state index in [-0.39, 0.29) is 31.1 Å². The topological polar surface area (TPSA) is 78.9 Å². The molecule has 1 atom stereocenters. The van der Waals surface area contributed by atoms with E-state index in [4.69, 9.17) is 14.2 Å². The number of rotatable bonds is 57. The SMILES string of the molecule is CC/C=C\C/C=C\C/C=C\C/C=C\C/C=C\C/C=C\CCCCCCCCCCCCCCCCCCC(=O)OCC(COC(=O)CCCCCCC/C=C\CCCC)OC(=O)CCCCC/C=C\C/C=C\C/C=C\CC. The Morgan fingerprint density at radius 3 is 0.818 bits per heavy atom. The molecule has 0 aliphatic heterocycles. The molecule has 0 aliphatic carbocycles. The average Bonchev–Trinajstić information content (AvgIpc) is 3.43. The van der Waals surface area contributed by atoms with Crippen LogP contribution < -0.4 is 0 Å². The molecule has 0 aromatic rings. The van der Waals surface area contributed by atoms with Crippen LogP contribution in [0.25, 0.3) is 0 Å². The summed E-state index contributed by atoms with van der Waals surface area (Å²) >= 11 is 0. The van der Waals surface area contributed by atoms with E-state index in [0.29, 0.717) is 19.3 Å². The molecular weight excluding hydrogens is 949 g/mol. The van der Waals surface area contributed by atoms with Crippen molar-refractivity contribution in [2.75, 3.05) is 13.2 Å². The van der Waals surface area contributed by atoms with Gasteiger partial charge in [0.15, 0.2) is 6.10 Å². The Morgan fingerprint density at radius 2 is 0.506 bits per heavy atom. The standard InChI is InChI=1S/C71H118O6/c1-4-7-10-13-16-19-22-24-25-26-27-28-29-30-31-32-33-34-35-36-37-38-39-40-41-42-43-44-45-47-49-52-55-58-61-64-70(73)76-67-68(66-75-69(72)63-60-57-54-51-48-21-18-15-12-9-6-3)77-71(74)65-62-59-56-53-50-46-23-20-17-14-11-8-5-2/h7-8,10-11,15-20,24-25,27-28,30-31,33-34,46,50,68H,4-6,9,12-14,21-23,26,29,32,35-45,47-49,51-67H2,1-3H3/b10-7-,11-8-,18-15-,19-16-,20-17-,25-24-,28-27-,31-30-,34-33-,50-46-. The fourth-order valence-electron chi connectivity index (χ4n) is 8.68. The number of allylic oxidation sites excluding steroid dienone is 20. The van der Waals surface area contributed by atoms with Crippen LogP contribution in [-0.2, 0) is 28.6 Å². The second-order valence-electron chi connectivity index (χ2n) is 20.9. The van der Waals surface area contributed by atoms with E-state index in [0.717, 1.165) is 135 Å². The zero-order chi connectivity index (χ0) is 55.7. The number of carbonyl (C=O) groups excluding carboxylic acids is 3. The molecule has 0 spiro atoms. The van der Waals surface area contributed by atoms with Crippen LogP contribution in [0.5, 0.6) is 0 Å². The normalized spacial score (nSPS) is 12.9. The zero-order valence-electron chi connectivity index (χ0n) is 50.2. The summed E-state index contributed by atoms with van der Waals surface area (Å²) in [7, 11) is 0. The van der Waals surface area contributed by atoms with Gasteiger partial charge in [-0.2, -0.15) is 0 Å². The van der Waals surface area contributed by atoms with E-state index in [1.165, 1.54) is 116 Å². The highest BCUT2D eigenvalue weighted by atomic mass is 16.6. The predicted molar refractivity (Wildman–Crippen MR) is 334 cm³/mol. The Hall–Kier alpha value is -4.19. The van der Waals surface area contributed by atoms with Gasteiger partial charge in [-0.15, -0.1) is 0 Å². The minimum absolute atomic E-state index is 0.0921. The van der Waals surface area contributed by atoms with Crippen molar-refractivity contribution < 1.29 is 28.6 Å². The molecule has 0 rings (SSSR count). The molecule has 0 N–H and O–H groups in total. The van der Waals surface area contributed by atoms with Gasteiger partial charge in [-0.1, -0.05) is 271 Å². The first-order valence-corrected chi connectivity index (χ1v) is 32.0. The van der Waals surface area contributed by atoms with Crippen LogP contribution in [-0.4, -0.2) is 37.2 Å². The fourth-order valence-corrected chi connectivity index (χ4v) is 8.68. The lowest BCUT2D eigenvalue weighted by molar-refractivity contribution is -0.167. The van der Waals surface area contributed by atoms with Crippen molar-refractivity contribution in [2.24, 2.45) is 0 Å². The summed E-state index contributed by atoms with van der Waals surface area (Å²) in [5.74, 6) is -0.929.